The van der Waals surface area contributed by atoms with Crippen LogP contribution in [-0.4, -0.2) is 37.2 Å². The lowest BCUT2D eigenvalue weighted by molar-refractivity contribution is -0.145. The van der Waals surface area contributed by atoms with E-state index in [0.717, 1.165) is 16.7 Å². The Hall–Kier alpha value is -3.35. The van der Waals surface area contributed by atoms with Crippen LogP contribution in [0.25, 0.3) is 0 Å². The Balaban J connectivity index is 2.04. The van der Waals surface area contributed by atoms with E-state index >= 15 is 0 Å². The van der Waals surface area contributed by atoms with Gasteiger partial charge in [0.15, 0.2) is 0 Å². The molecule has 7 nitrogen and oxygen atoms in total. The third-order valence-corrected chi connectivity index (χ3v) is 4.85. The Labute approximate surface area is 189 Å². The van der Waals surface area contributed by atoms with Crippen LogP contribution in [0.3, 0.4) is 0 Å². The zero-order valence-corrected chi connectivity index (χ0v) is 19.1. The topological polar surface area (TPSA) is 93.7 Å². The number of carbonyl (C=O) groups is 3. The molecular weight excluding hydrogens is 408 g/mol. The smallest absolute Gasteiger partial charge is 0.408 e. The number of rotatable bonds is 10. The van der Waals surface area contributed by atoms with Gasteiger partial charge in [-0.15, -0.1) is 0 Å². The minimum Gasteiger partial charge on any atom is -0.467 e. The SMILES string of the molecule is COC(=O)[C@H](Cc1cccc(C)c1)NC(=O)[C@H](CC(C)C)NC(=O)OCc1ccccc1. The summed E-state index contributed by atoms with van der Waals surface area (Å²) in [5, 5.41) is 5.36. The molecule has 7 heteroatoms. The van der Waals surface area contributed by atoms with Gasteiger partial charge in [0.1, 0.15) is 18.7 Å². The molecule has 0 heterocycles. The minimum atomic E-state index is -0.869. The van der Waals surface area contributed by atoms with E-state index in [-0.39, 0.29) is 18.9 Å². The molecule has 32 heavy (non-hydrogen) atoms. The Bertz CT molecular complexity index is 898. The van der Waals surface area contributed by atoms with Gasteiger partial charge in [-0.2, -0.15) is 0 Å². The molecule has 2 atom stereocenters. The molecule has 0 unspecified atom stereocenters. The van der Waals surface area contributed by atoms with Crippen molar-refractivity contribution < 1.29 is 23.9 Å². The van der Waals surface area contributed by atoms with Gasteiger partial charge in [-0.3, -0.25) is 4.79 Å². The fraction of sp³-hybridized carbons (Fsp3) is 0.400. The van der Waals surface area contributed by atoms with Crippen LogP contribution in [-0.2, 0) is 32.1 Å². The van der Waals surface area contributed by atoms with Crippen LogP contribution < -0.4 is 10.6 Å². The van der Waals surface area contributed by atoms with Crippen LogP contribution >= 0.6 is 0 Å². The Morgan fingerprint density at radius 3 is 2.22 bits per heavy atom. The third-order valence-electron chi connectivity index (χ3n) is 4.85. The van der Waals surface area contributed by atoms with Gasteiger partial charge in [0.25, 0.3) is 0 Å². The molecule has 2 aromatic carbocycles. The highest BCUT2D eigenvalue weighted by Crippen LogP contribution is 2.10. The maximum atomic E-state index is 13.0. The number of nitrogens with one attached hydrogen (secondary N) is 2. The Morgan fingerprint density at radius 1 is 0.906 bits per heavy atom. The molecule has 0 bridgehead atoms. The average molecular weight is 441 g/mol. The second-order valence-corrected chi connectivity index (χ2v) is 8.17. The van der Waals surface area contributed by atoms with Gasteiger partial charge in [0.2, 0.25) is 5.91 Å². The van der Waals surface area contributed by atoms with Crippen LogP contribution in [0, 0.1) is 12.8 Å². The lowest BCUT2D eigenvalue weighted by Gasteiger charge is -2.23. The highest BCUT2D eigenvalue weighted by Gasteiger charge is 2.28. The van der Waals surface area contributed by atoms with E-state index in [0.29, 0.717) is 6.42 Å². The van der Waals surface area contributed by atoms with Crippen molar-refractivity contribution in [1.82, 2.24) is 10.6 Å². The lowest BCUT2D eigenvalue weighted by Crippen LogP contribution is -2.53. The molecule has 0 saturated heterocycles. The number of hydrogen-bond donors (Lipinski definition) is 2. The summed E-state index contributed by atoms with van der Waals surface area (Å²) >= 11 is 0. The molecule has 0 aromatic heterocycles. The molecular formula is C25H32N2O5. The lowest BCUT2D eigenvalue weighted by atomic mass is 10.0. The standard InChI is InChI=1S/C25H32N2O5/c1-17(2)13-21(27-25(30)32-16-19-10-6-5-7-11-19)23(28)26-22(24(29)31-4)15-20-12-8-9-18(3)14-20/h5-12,14,17,21-22H,13,15-16H2,1-4H3,(H,26,28)(H,27,30)/t21-,22-/m0/s1. The quantitative estimate of drug-likeness (QED) is 0.551. The summed E-state index contributed by atoms with van der Waals surface area (Å²) < 4.78 is 10.1. The first kappa shape index (κ1) is 24.9. The van der Waals surface area contributed by atoms with Crippen molar-refractivity contribution in [3.05, 3.63) is 71.3 Å². The molecule has 0 saturated carbocycles. The predicted molar refractivity (Wildman–Crippen MR) is 122 cm³/mol. The van der Waals surface area contributed by atoms with Gasteiger partial charge < -0.3 is 20.1 Å². The molecule has 0 aliphatic carbocycles. The van der Waals surface area contributed by atoms with E-state index < -0.39 is 30.1 Å². The summed E-state index contributed by atoms with van der Waals surface area (Å²) in [6.45, 7) is 5.95. The summed E-state index contributed by atoms with van der Waals surface area (Å²) in [6.07, 6.45) is -0.0136. The van der Waals surface area contributed by atoms with Gasteiger partial charge in [-0.1, -0.05) is 74.0 Å². The van der Waals surface area contributed by atoms with E-state index in [1.54, 1.807) is 0 Å². The van der Waals surface area contributed by atoms with E-state index in [2.05, 4.69) is 10.6 Å². The first-order chi connectivity index (χ1) is 15.3. The minimum absolute atomic E-state index is 0.0981. The molecule has 0 aliphatic rings. The van der Waals surface area contributed by atoms with Crippen LogP contribution in [0.5, 0.6) is 0 Å². The van der Waals surface area contributed by atoms with Crippen LogP contribution in [0.15, 0.2) is 54.6 Å². The van der Waals surface area contributed by atoms with E-state index in [1.165, 1.54) is 7.11 Å². The van der Waals surface area contributed by atoms with Gasteiger partial charge >= 0.3 is 12.1 Å². The zero-order chi connectivity index (χ0) is 23.5. The van der Waals surface area contributed by atoms with Crippen LogP contribution in [0.1, 0.15) is 37.0 Å². The molecule has 2 N–H and O–H groups in total. The number of alkyl carbamates (subject to hydrolysis) is 1. The first-order valence-corrected chi connectivity index (χ1v) is 10.7. The molecule has 2 amide bonds. The van der Waals surface area contributed by atoms with E-state index in [9.17, 15) is 14.4 Å². The number of aryl methyl sites for hydroxylation is 1. The summed E-state index contributed by atoms with van der Waals surface area (Å²) in [5.74, 6) is -0.873. The number of hydrogen-bond acceptors (Lipinski definition) is 5. The molecule has 0 aliphatic heterocycles. The zero-order valence-electron chi connectivity index (χ0n) is 19.1. The number of ether oxygens (including phenoxy) is 2. The Kier molecular flexibility index (Phi) is 9.73. The summed E-state index contributed by atoms with van der Waals surface area (Å²) in [4.78, 5) is 37.6. The number of carbonyl (C=O) groups excluding carboxylic acids is 3. The average Bonchev–Trinajstić information content (AvgIpc) is 2.76. The third kappa shape index (κ3) is 8.41. The second-order valence-electron chi connectivity index (χ2n) is 8.17. The molecule has 0 spiro atoms. The summed E-state index contributed by atoms with van der Waals surface area (Å²) in [7, 11) is 1.28. The number of benzene rings is 2. The summed E-state index contributed by atoms with van der Waals surface area (Å²) in [5.41, 5.74) is 2.80. The maximum absolute atomic E-state index is 13.0. The predicted octanol–water partition coefficient (Wildman–Crippen LogP) is 3.54. The van der Waals surface area contributed by atoms with Crippen LogP contribution in [0.4, 0.5) is 4.79 Å². The molecule has 0 radical (unpaired) electrons. The largest absolute Gasteiger partial charge is 0.467 e. The Morgan fingerprint density at radius 2 is 1.59 bits per heavy atom. The van der Waals surface area contributed by atoms with Crippen molar-refractivity contribution in [2.24, 2.45) is 5.92 Å². The summed E-state index contributed by atoms with van der Waals surface area (Å²) in [6, 6.07) is 15.3. The first-order valence-electron chi connectivity index (χ1n) is 10.7. The van der Waals surface area contributed by atoms with Crippen molar-refractivity contribution >= 4 is 18.0 Å². The molecule has 172 valence electrons. The monoisotopic (exact) mass is 440 g/mol. The number of amides is 2. The highest BCUT2D eigenvalue weighted by molar-refractivity contribution is 5.89. The molecule has 2 rings (SSSR count). The van der Waals surface area contributed by atoms with Crippen molar-refractivity contribution in [2.75, 3.05) is 7.11 Å². The molecule has 0 fully saturated rings. The molecule has 2 aromatic rings. The van der Waals surface area contributed by atoms with Crippen molar-refractivity contribution in [3.63, 3.8) is 0 Å². The number of methoxy groups -OCH3 is 1. The van der Waals surface area contributed by atoms with Crippen molar-refractivity contribution in [2.45, 2.75) is 52.3 Å². The highest BCUT2D eigenvalue weighted by atomic mass is 16.5. The fourth-order valence-electron chi connectivity index (χ4n) is 3.29. The van der Waals surface area contributed by atoms with Gasteiger partial charge in [0.05, 0.1) is 7.11 Å². The van der Waals surface area contributed by atoms with Crippen molar-refractivity contribution in [3.8, 4) is 0 Å². The van der Waals surface area contributed by atoms with E-state index in [1.807, 2.05) is 75.4 Å². The fourth-order valence-corrected chi connectivity index (χ4v) is 3.29. The normalized spacial score (nSPS) is 12.5. The van der Waals surface area contributed by atoms with Gasteiger partial charge in [-0.25, -0.2) is 9.59 Å². The van der Waals surface area contributed by atoms with Crippen molar-refractivity contribution in [1.29, 1.82) is 0 Å². The van der Waals surface area contributed by atoms with Gasteiger partial charge in [-0.05, 0) is 30.4 Å². The van der Waals surface area contributed by atoms with E-state index in [4.69, 9.17) is 9.47 Å². The number of esters is 1. The second kappa shape index (κ2) is 12.5. The maximum Gasteiger partial charge on any atom is 0.408 e. The van der Waals surface area contributed by atoms with Gasteiger partial charge in [0, 0.05) is 6.42 Å². The van der Waals surface area contributed by atoms with Crippen LogP contribution in [0.2, 0.25) is 0 Å².